The first-order chi connectivity index (χ1) is 21.4. The minimum absolute atomic E-state index is 0.0157. The monoisotopic (exact) mass is 593 g/mol. The summed E-state index contributed by atoms with van der Waals surface area (Å²) in [5, 5.41) is 6.18. The van der Waals surface area contributed by atoms with Crippen molar-refractivity contribution in [2.75, 3.05) is 33.4 Å². The van der Waals surface area contributed by atoms with E-state index in [2.05, 4.69) is 76.1 Å². The number of likely N-dealkylation sites (tertiary alicyclic amines) is 1. The molecule has 1 fully saturated rings. The van der Waals surface area contributed by atoms with Gasteiger partial charge in [0.15, 0.2) is 0 Å². The molecule has 0 bridgehead atoms. The van der Waals surface area contributed by atoms with Crippen LogP contribution in [0.2, 0.25) is 0 Å². The van der Waals surface area contributed by atoms with Crippen molar-refractivity contribution in [1.29, 1.82) is 0 Å². The van der Waals surface area contributed by atoms with Gasteiger partial charge < -0.3 is 19.7 Å². The summed E-state index contributed by atoms with van der Waals surface area (Å²) in [6, 6.07) is 28.1. The minimum Gasteiger partial charge on any atom is -0.466 e. The van der Waals surface area contributed by atoms with Crippen LogP contribution in [-0.4, -0.2) is 50.2 Å². The first-order valence-corrected chi connectivity index (χ1v) is 15.1. The number of hydrogen-bond donors (Lipinski definition) is 1. The minimum atomic E-state index is -0.760. The van der Waals surface area contributed by atoms with Crippen molar-refractivity contribution in [3.63, 3.8) is 0 Å². The molecule has 0 radical (unpaired) electrons. The number of nitrogens with one attached hydrogen (secondary N) is 1. The lowest BCUT2D eigenvalue weighted by atomic mass is 9.68. The lowest BCUT2D eigenvalue weighted by Gasteiger charge is -2.43. The molecule has 1 saturated heterocycles. The molecule has 0 amide bonds. The Labute approximate surface area is 258 Å². The molecule has 44 heavy (non-hydrogen) atoms. The third-order valence-corrected chi connectivity index (χ3v) is 8.91. The highest BCUT2D eigenvalue weighted by Gasteiger charge is 2.39. The lowest BCUT2D eigenvalue weighted by molar-refractivity contribution is -0.139. The van der Waals surface area contributed by atoms with Crippen LogP contribution < -0.4 is 5.32 Å². The highest BCUT2D eigenvalue weighted by Crippen LogP contribution is 2.42. The second-order valence-corrected chi connectivity index (χ2v) is 11.5. The molecule has 0 unspecified atom stereocenters. The van der Waals surface area contributed by atoms with E-state index in [1.165, 1.54) is 18.2 Å². The van der Waals surface area contributed by atoms with E-state index in [4.69, 9.17) is 9.47 Å². The predicted molar refractivity (Wildman–Crippen MR) is 170 cm³/mol. The Morgan fingerprint density at radius 1 is 0.864 bits per heavy atom. The Morgan fingerprint density at radius 2 is 1.45 bits per heavy atom. The van der Waals surface area contributed by atoms with Crippen molar-refractivity contribution < 1.29 is 19.1 Å². The van der Waals surface area contributed by atoms with E-state index in [1.54, 1.807) is 38.1 Å². The second kappa shape index (κ2) is 13.8. The van der Waals surface area contributed by atoms with Gasteiger partial charge in [-0.3, -0.25) is 0 Å². The Bertz CT molecular complexity index is 1520. The van der Waals surface area contributed by atoms with Crippen LogP contribution in [0.15, 0.2) is 113 Å². The molecule has 8 nitrogen and oxygen atoms in total. The van der Waals surface area contributed by atoms with Crippen LogP contribution in [0.1, 0.15) is 55.7 Å². The zero-order chi connectivity index (χ0) is 31.1. The summed E-state index contributed by atoms with van der Waals surface area (Å²) < 4.78 is 10.9. The normalized spacial score (nSPS) is 18.4. The standard InChI is InChI=1S/C36H39N3O5/c1-25-31(34(40)43-3)33(27-12-10-17-30(24-27)38-42)32(26(2)37-25)35(41)44-23-11-20-39-21-18-36(19-22-39,28-13-6-4-7-14-28)29-15-8-5-9-16-29/h4-10,12-17,24,33,37H,11,18-23H2,1-3H3/t33-/m0/s1. The van der Waals surface area contributed by atoms with E-state index < -0.39 is 17.9 Å². The number of nitrogens with zero attached hydrogens (tertiary/aromatic N) is 2. The van der Waals surface area contributed by atoms with Gasteiger partial charge in [-0.1, -0.05) is 72.8 Å². The molecule has 0 aromatic heterocycles. The summed E-state index contributed by atoms with van der Waals surface area (Å²) in [5.41, 5.74) is 5.25. The molecule has 3 aromatic carbocycles. The van der Waals surface area contributed by atoms with Gasteiger partial charge in [-0.2, -0.15) is 0 Å². The van der Waals surface area contributed by atoms with Gasteiger partial charge >= 0.3 is 11.9 Å². The quantitative estimate of drug-likeness (QED) is 0.163. The zero-order valence-corrected chi connectivity index (χ0v) is 25.5. The highest BCUT2D eigenvalue weighted by molar-refractivity contribution is 5.99. The van der Waals surface area contributed by atoms with E-state index in [0.29, 0.717) is 34.5 Å². The third-order valence-electron chi connectivity index (χ3n) is 8.91. The molecule has 1 N–H and O–H groups in total. The number of allylic oxidation sites excluding steroid dienone is 2. The Kier molecular flexibility index (Phi) is 9.70. The molecule has 228 valence electrons. The van der Waals surface area contributed by atoms with Crippen LogP contribution in [0, 0.1) is 4.91 Å². The summed E-state index contributed by atoms with van der Waals surface area (Å²) in [5.74, 6) is -1.83. The molecule has 8 heteroatoms. The number of benzene rings is 3. The highest BCUT2D eigenvalue weighted by atomic mass is 16.5. The van der Waals surface area contributed by atoms with Crippen molar-refractivity contribution in [3.05, 3.63) is 129 Å². The van der Waals surface area contributed by atoms with Crippen molar-refractivity contribution in [2.45, 2.75) is 44.4 Å². The van der Waals surface area contributed by atoms with Crippen molar-refractivity contribution in [2.24, 2.45) is 5.18 Å². The fourth-order valence-electron chi connectivity index (χ4n) is 6.69. The largest absolute Gasteiger partial charge is 0.466 e. The maximum atomic E-state index is 13.6. The molecule has 5 rings (SSSR count). The molecule has 2 aliphatic heterocycles. The van der Waals surface area contributed by atoms with Crippen molar-refractivity contribution >= 4 is 17.6 Å². The van der Waals surface area contributed by atoms with Crippen LogP contribution >= 0.6 is 0 Å². The van der Waals surface area contributed by atoms with E-state index in [0.717, 1.165) is 32.5 Å². The Balaban J connectivity index is 1.24. The fourth-order valence-corrected chi connectivity index (χ4v) is 6.69. The van der Waals surface area contributed by atoms with Crippen molar-refractivity contribution in [3.8, 4) is 0 Å². The van der Waals surface area contributed by atoms with Crippen LogP contribution in [0.3, 0.4) is 0 Å². The first kappa shape index (κ1) is 30.9. The molecule has 0 aliphatic carbocycles. The van der Waals surface area contributed by atoms with Gasteiger partial charge in [0.25, 0.3) is 0 Å². The second-order valence-electron chi connectivity index (χ2n) is 11.5. The predicted octanol–water partition coefficient (Wildman–Crippen LogP) is 6.51. The fraction of sp³-hybridized carbons (Fsp3) is 0.333. The number of hydrogen-bond acceptors (Lipinski definition) is 8. The summed E-state index contributed by atoms with van der Waals surface area (Å²) >= 11 is 0. The molecule has 3 aromatic rings. The molecule has 0 saturated carbocycles. The molecule has 0 spiro atoms. The Hall–Kier alpha value is -4.56. The average Bonchev–Trinajstić information content (AvgIpc) is 3.07. The summed E-state index contributed by atoms with van der Waals surface area (Å²) in [6.45, 7) is 6.49. The van der Waals surface area contributed by atoms with Crippen LogP contribution in [0.25, 0.3) is 0 Å². The molecule has 2 heterocycles. The zero-order valence-electron chi connectivity index (χ0n) is 25.5. The summed E-state index contributed by atoms with van der Waals surface area (Å²) in [7, 11) is 1.30. The number of methoxy groups -OCH3 is 1. The molecule has 2 aliphatic rings. The van der Waals surface area contributed by atoms with Crippen molar-refractivity contribution in [1.82, 2.24) is 10.2 Å². The smallest absolute Gasteiger partial charge is 0.336 e. The maximum Gasteiger partial charge on any atom is 0.336 e. The van der Waals surface area contributed by atoms with Gasteiger partial charge in [-0.15, -0.1) is 4.91 Å². The maximum absolute atomic E-state index is 13.6. The van der Waals surface area contributed by atoms with Gasteiger partial charge in [0, 0.05) is 23.4 Å². The van der Waals surface area contributed by atoms with Gasteiger partial charge in [0.05, 0.1) is 30.8 Å². The van der Waals surface area contributed by atoms with Gasteiger partial charge in [-0.25, -0.2) is 9.59 Å². The average molecular weight is 594 g/mol. The number of carbonyl (C=O) groups is 2. The number of ether oxygens (including phenoxy) is 2. The van der Waals surface area contributed by atoms with E-state index >= 15 is 0 Å². The van der Waals surface area contributed by atoms with Crippen LogP contribution in [-0.2, 0) is 24.5 Å². The number of rotatable bonds is 10. The first-order valence-electron chi connectivity index (χ1n) is 15.1. The van der Waals surface area contributed by atoms with Crippen LogP contribution in [0.4, 0.5) is 5.69 Å². The third kappa shape index (κ3) is 6.36. The number of nitroso groups, excluding NO2 is 1. The molecular weight excluding hydrogens is 554 g/mol. The van der Waals surface area contributed by atoms with Gasteiger partial charge in [0.1, 0.15) is 5.69 Å². The molecular formula is C36H39N3O5. The van der Waals surface area contributed by atoms with E-state index in [-0.39, 0.29) is 17.7 Å². The summed E-state index contributed by atoms with van der Waals surface area (Å²) in [4.78, 5) is 40.1. The number of piperidine rings is 1. The Morgan fingerprint density at radius 3 is 2.02 bits per heavy atom. The van der Waals surface area contributed by atoms with Gasteiger partial charge in [0.2, 0.25) is 0 Å². The van der Waals surface area contributed by atoms with Gasteiger partial charge in [-0.05, 0) is 80.2 Å². The number of esters is 2. The van der Waals surface area contributed by atoms with E-state index in [9.17, 15) is 14.5 Å². The number of dihydropyridines is 1. The molecule has 1 atom stereocenters. The summed E-state index contributed by atoms with van der Waals surface area (Å²) in [6.07, 6.45) is 2.71. The SMILES string of the molecule is COC(=O)C1=C(C)NC(C)=C(C(=O)OCCCN2CCC(c3ccccc3)(c3ccccc3)CC2)[C@H]1c1cccc(N=O)c1. The lowest BCUT2D eigenvalue weighted by Crippen LogP contribution is -2.43. The van der Waals surface area contributed by atoms with E-state index in [1.807, 2.05) is 0 Å². The topological polar surface area (TPSA) is 97.3 Å². The van der Waals surface area contributed by atoms with Crippen LogP contribution in [0.5, 0.6) is 0 Å². The number of carbonyl (C=O) groups excluding carboxylic acids is 2.